The molecule has 0 saturated carbocycles. The van der Waals surface area contributed by atoms with Gasteiger partial charge in [-0.25, -0.2) is 0 Å². The quantitative estimate of drug-likeness (QED) is 0.913. The van der Waals surface area contributed by atoms with Crippen LogP contribution in [0.1, 0.15) is 25.3 Å². The number of carbonyl (C=O) groups is 1. The molecule has 1 aromatic rings. The first-order valence-electron chi connectivity index (χ1n) is 9.10. The van der Waals surface area contributed by atoms with Gasteiger partial charge >= 0.3 is 0 Å². The van der Waals surface area contributed by atoms with Gasteiger partial charge in [0.2, 0.25) is 5.91 Å². The van der Waals surface area contributed by atoms with Gasteiger partial charge in [-0.2, -0.15) is 0 Å². The summed E-state index contributed by atoms with van der Waals surface area (Å²) in [4.78, 5) is 19.2. The van der Waals surface area contributed by atoms with Crippen LogP contribution < -0.4 is 0 Å². The van der Waals surface area contributed by atoms with Crippen LogP contribution in [0.5, 0.6) is 5.75 Å². The van der Waals surface area contributed by atoms with Crippen molar-refractivity contribution in [1.29, 1.82) is 0 Å². The molecule has 24 heavy (non-hydrogen) atoms. The maximum absolute atomic E-state index is 12.5. The highest BCUT2D eigenvalue weighted by molar-refractivity contribution is 5.78. The van der Waals surface area contributed by atoms with E-state index in [0.717, 1.165) is 51.4 Å². The zero-order chi connectivity index (χ0) is 16.9. The molecule has 1 N–H and O–H groups in total. The zero-order valence-corrected chi connectivity index (χ0v) is 14.7. The van der Waals surface area contributed by atoms with Gasteiger partial charge < -0.3 is 10.0 Å². The molecule has 0 unspecified atom stereocenters. The fraction of sp³-hybridized carbons (Fsp3) is 0.632. The van der Waals surface area contributed by atoms with Gasteiger partial charge in [-0.3, -0.25) is 14.6 Å². The first kappa shape index (κ1) is 17.2. The topological polar surface area (TPSA) is 47.0 Å². The van der Waals surface area contributed by atoms with Crippen molar-refractivity contribution in [3.63, 3.8) is 0 Å². The molecule has 3 rings (SSSR count). The molecule has 2 saturated heterocycles. The van der Waals surface area contributed by atoms with E-state index >= 15 is 0 Å². The Morgan fingerprint density at radius 3 is 2.67 bits per heavy atom. The maximum Gasteiger partial charge on any atom is 0.236 e. The Balaban J connectivity index is 1.43. The summed E-state index contributed by atoms with van der Waals surface area (Å²) < 4.78 is 0. The van der Waals surface area contributed by atoms with Gasteiger partial charge in [0.15, 0.2) is 0 Å². The average Bonchev–Trinajstić information content (AvgIpc) is 2.55. The van der Waals surface area contributed by atoms with Crippen molar-refractivity contribution in [2.75, 3.05) is 45.8 Å². The van der Waals surface area contributed by atoms with Crippen molar-refractivity contribution < 1.29 is 9.90 Å². The van der Waals surface area contributed by atoms with E-state index in [1.165, 1.54) is 12.8 Å². The highest BCUT2D eigenvalue weighted by Gasteiger charge is 2.24. The summed E-state index contributed by atoms with van der Waals surface area (Å²) >= 11 is 0. The molecule has 132 valence electrons. The molecule has 0 aromatic heterocycles. The zero-order valence-electron chi connectivity index (χ0n) is 14.7. The molecule has 0 aliphatic carbocycles. The lowest BCUT2D eigenvalue weighted by Crippen LogP contribution is -2.51. The maximum atomic E-state index is 12.5. The Kier molecular flexibility index (Phi) is 5.74. The molecule has 1 aromatic carbocycles. The van der Waals surface area contributed by atoms with Crippen molar-refractivity contribution in [2.45, 2.75) is 26.3 Å². The summed E-state index contributed by atoms with van der Waals surface area (Å²) in [5, 5.41) is 9.56. The molecule has 1 atom stereocenters. The molecule has 0 radical (unpaired) electrons. The van der Waals surface area contributed by atoms with Gasteiger partial charge in [0, 0.05) is 39.3 Å². The molecule has 5 nitrogen and oxygen atoms in total. The number of hydrogen-bond acceptors (Lipinski definition) is 4. The van der Waals surface area contributed by atoms with Crippen molar-refractivity contribution in [3.8, 4) is 5.75 Å². The first-order chi connectivity index (χ1) is 11.6. The smallest absolute Gasteiger partial charge is 0.236 e. The molecule has 2 heterocycles. The van der Waals surface area contributed by atoms with Gasteiger partial charge in [-0.1, -0.05) is 19.1 Å². The Morgan fingerprint density at radius 1 is 1.17 bits per heavy atom. The lowest BCUT2D eigenvalue weighted by Gasteiger charge is -2.37. The Bertz CT molecular complexity index is 555. The molecule has 2 aliphatic rings. The molecule has 1 amide bonds. The number of piperidine rings is 1. The molecule has 0 bridgehead atoms. The average molecular weight is 331 g/mol. The Hall–Kier alpha value is -1.59. The Labute approximate surface area is 144 Å². The molecule has 0 spiro atoms. The van der Waals surface area contributed by atoms with Crippen molar-refractivity contribution in [2.24, 2.45) is 5.92 Å². The number of rotatable bonds is 4. The van der Waals surface area contributed by atoms with Crippen molar-refractivity contribution in [1.82, 2.24) is 14.7 Å². The van der Waals surface area contributed by atoms with E-state index in [2.05, 4.69) is 16.7 Å². The van der Waals surface area contributed by atoms with Crippen LogP contribution in [0.2, 0.25) is 0 Å². The second-order valence-electron chi connectivity index (χ2n) is 7.31. The number of aromatic hydroxyl groups is 1. The number of phenolic OH excluding ortho intramolecular Hbond substituents is 1. The SMILES string of the molecule is C[C@@H]1CCCN(CC(=O)N2CCN(Cc3cccc(O)c3)CC2)C1. The number of likely N-dealkylation sites (tertiary alicyclic amines) is 1. The third kappa shape index (κ3) is 4.71. The lowest BCUT2D eigenvalue weighted by atomic mass is 10.0. The number of nitrogens with zero attached hydrogens (tertiary/aromatic N) is 3. The first-order valence-corrected chi connectivity index (χ1v) is 9.10. The van der Waals surface area contributed by atoms with Gasteiger partial charge in [-0.05, 0) is 43.0 Å². The summed E-state index contributed by atoms with van der Waals surface area (Å²) in [5.41, 5.74) is 1.12. The van der Waals surface area contributed by atoms with Crippen LogP contribution in [0.25, 0.3) is 0 Å². The van der Waals surface area contributed by atoms with Gasteiger partial charge in [0.1, 0.15) is 5.75 Å². The van der Waals surface area contributed by atoms with E-state index in [4.69, 9.17) is 0 Å². The van der Waals surface area contributed by atoms with E-state index in [0.29, 0.717) is 18.2 Å². The number of hydrogen-bond donors (Lipinski definition) is 1. The minimum Gasteiger partial charge on any atom is -0.508 e. The van der Waals surface area contributed by atoms with E-state index < -0.39 is 0 Å². The minimum absolute atomic E-state index is 0.279. The summed E-state index contributed by atoms with van der Waals surface area (Å²) in [5.74, 6) is 1.31. The largest absolute Gasteiger partial charge is 0.508 e. The van der Waals surface area contributed by atoms with Gasteiger partial charge in [-0.15, -0.1) is 0 Å². The number of benzene rings is 1. The molecular formula is C19H29N3O2. The van der Waals surface area contributed by atoms with Crippen LogP contribution in [0.3, 0.4) is 0 Å². The van der Waals surface area contributed by atoms with Crippen LogP contribution in [0, 0.1) is 5.92 Å². The summed E-state index contributed by atoms with van der Waals surface area (Å²) in [7, 11) is 0. The monoisotopic (exact) mass is 331 g/mol. The van der Waals surface area contributed by atoms with Gasteiger partial charge in [0.05, 0.1) is 6.54 Å². The molecule has 2 fully saturated rings. The fourth-order valence-corrected chi connectivity index (χ4v) is 3.79. The fourth-order valence-electron chi connectivity index (χ4n) is 3.79. The summed E-state index contributed by atoms with van der Waals surface area (Å²) in [6.45, 7) is 9.22. The highest BCUT2D eigenvalue weighted by Crippen LogP contribution is 2.16. The van der Waals surface area contributed by atoms with Crippen LogP contribution in [0.15, 0.2) is 24.3 Å². The number of piperazine rings is 1. The third-order valence-corrected chi connectivity index (χ3v) is 5.14. The van der Waals surface area contributed by atoms with E-state index in [1.807, 2.05) is 23.1 Å². The highest BCUT2D eigenvalue weighted by atomic mass is 16.3. The van der Waals surface area contributed by atoms with Crippen LogP contribution in [0.4, 0.5) is 0 Å². The summed E-state index contributed by atoms with van der Waals surface area (Å²) in [6, 6.07) is 7.43. The lowest BCUT2D eigenvalue weighted by molar-refractivity contribution is -0.134. The predicted octanol–water partition coefficient (Wildman–Crippen LogP) is 1.77. The third-order valence-electron chi connectivity index (χ3n) is 5.14. The minimum atomic E-state index is 0.279. The number of amides is 1. The second-order valence-corrected chi connectivity index (χ2v) is 7.31. The predicted molar refractivity (Wildman–Crippen MR) is 94.8 cm³/mol. The molecular weight excluding hydrogens is 302 g/mol. The number of phenols is 1. The molecule has 5 heteroatoms. The van der Waals surface area contributed by atoms with Crippen LogP contribution in [-0.2, 0) is 11.3 Å². The molecule has 2 aliphatic heterocycles. The van der Waals surface area contributed by atoms with E-state index in [1.54, 1.807) is 6.07 Å². The Morgan fingerprint density at radius 2 is 1.96 bits per heavy atom. The van der Waals surface area contributed by atoms with E-state index in [9.17, 15) is 9.90 Å². The van der Waals surface area contributed by atoms with E-state index in [-0.39, 0.29) is 5.91 Å². The van der Waals surface area contributed by atoms with Gasteiger partial charge in [0.25, 0.3) is 0 Å². The van der Waals surface area contributed by atoms with Crippen LogP contribution in [-0.4, -0.2) is 71.5 Å². The van der Waals surface area contributed by atoms with Crippen molar-refractivity contribution in [3.05, 3.63) is 29.8 Å². The van der Waals surface area contributed by atoms with Crippen molar-refractivity contribution >= 4 is 5.91 Å². The van der Waals surface area contributed by atoms with Crippen LogP contribution >= 0.6 is 0 Å². The number of carbonyl (C=O) groups excluding carboxylic acids is 1. The second kappa shape index (κ2) is 7.99. The normalized spacial score (nSPS) is 23.4. The summed E-state index contributed by atoms with van der Waals surface area (Å²) in [6.07, 6.45) is 2.50. The standard InChI is InChI=1S/C19H29N3O2/c1-16-4-3-7-21(13-16)15-19(24)22-10-8-20(9-11-22)14-17-5-2-6-18(23)12-17/h2,5-6,12,16,23H,3-4,7-11,13-15H2,1H3/t16-/m1/s1.